The molecular weight excluding hydrogens is 376 g/mol. The fourth-order valence-corrected chi connectivity index (χ4v) is 3.66. The van der Waals surface area contributed by atoms with Crippen molar-refractivity contribution < 1.29 is 9.59 Å². The van der Waals surface area contributed by atoms with E-state index in [1.54, 1.807) is 12.1 Å². The lowest BCUT2D eigenvalue weighted by Crippen LogP contribution is -2.45. The highest BCUT2D eigenvalue weighted by atomic mass is 35.5. The quantitative estimate of drug-likeness (QED) is 0.651. The van der Waals surface area contributed by atoms with Gasteiger partial charge in [0.05, 0.1) is 6.54 Å². The Morgan fingerprint density at radius 1 is 1.11 bits per heavy atom. The molecule has 2 aromatic rings. The van der Waals surface area contributed by atoms with Crippen LogP contribution in [-0.4, -0.2) is 36.0 Å². The van der Waals surface area contributed by atoms with Gasteiger partial charge in [0.1, 0.15) is 0 Å². The molecule has 0 aliphatic carbocycles. The fraction of sp³-hybridized carbons (Fsp3) is 0.333. The molecule has 6 nitrogen and oxygen atoms in total. The molecule has 1 fully saturated rings. The minimum atomic E-state index is -0.365. The minimum absolute atomic E-state index is 0.0143. The molecule has 0 aromatic heterocycles. The SMILES string of the molecule is Nc1ccc(CNC(=O)NCC(=O)N2CCCC2Cc2cccc(Cl)c2)cc1. The molecule has 148 valence electrons. The predicted molar refractivity (Wildman–Crippen MR) is 111 cm³/mol. The summed E-state index contributed by atoms with van der Waals surface area (Å²) in [7, 11) is 0. The van der Waals surface area contributed by atoms with Crippen molar-refractivity contribution >= 4 is 29.2 Å². The molecule has 3 rings (SSSR count). The number of nitrogens with two attached hydrogens (primary N) is 1. The monoisotopic (exact) mass is 400 g/mol. The van der Waals surface area contributed by atoms with Gasteiger partial charge in [-0.2, -0.15) is 0 Å². The minimum Gasteiger partial charge on any atom is -0.399 e. The lowest BCUT2D eigenvalue weighted by atomic mass is 10.0. The molecule has 4 N–H and O–H groups in total. The van der Waals surface area contributed by atoms with Gasteiger partial charge >= 0.3 is 6.03 Å². The van der Waals surface area contributed by atoms with E-state index in [0.29, 0.717) is 17.3 Å². The average Bonchev–Trinajstić information content (AvgIpc) is 3.14. The Labute approximate surface area is 170 Å². The molecule has 0 radical (unpaired) electrons. The van der Waals surface area contributed by atoms with E-state index in [-0.39, 0.29) is 24.5 Å². The molecule has 1 aliphatic rings. The van der Waals surface area contributed by atoms with Crippen LogP contribution in [0.25, 0.3) is 0 Å². The van der Waals surface area contributed by atoms with Crippen molar-refractivity contribution in [2.45, 2.75) is 31.8 Å². The van der Waals surface area contributed by atoms with E-state index in [1.165, 1.54) is 0 Å². The van der Waals surface area contributed by atoms with Gasteiger partial charge < -0.3 is 21.3 Å². The van der Waals surface area contributed by atoms with Crippen LogP contribution in [0.3, 0.4) is 0 Å². The Morgan fingerprint density at radius 3 is 2.64 bits per heavy atom. The topological polar surface area (TPSA) is 87.5 Å². The second-order valence-electron chi connectivity index (χ2n) is 7.00. The van der Waals surface area contributed by atoms with Crippen molar-refractivity contribution in [2.75, 3.05) is 18.8 Å². The molecule has 0 bridgehead atoms. The lowest BCUT2D eigenvalue weighted by Gasteiger charge is -2.25. The van der Waals surface area contributed by atoms with E-state index >= 15 is 0 Å². The number of carbonyl (C=O) groups excluding carboxylic acids is 2. The second-order valence-corrected chi connectivity index (χ2v) is 7.43. The van der Waals surface area contributed by atoms with Gasteiger partial charge in [-0.3, -0.25) is 4.79 Å². The molecule has 28 heavy (non-hydrogen) atoms. The van der Waals surface area contributed by atoms with Gasteiger partial charge in [0.25, 0.3) is 0 Å². The van der Waals surface area contributed by atoms with E-state index in [2.05, 4.69) is 10.6 Å². The Hall–Kier alpha value is -2.73. The zero-order valence-corrected chi connectivity index (χ0v) is 16.4. The first-order valence-corrected chi connectivity index (χ1v) is 9.79. The Morgan fingerprint density at radius 2 is 1.89 bits per heavy atom. The van der Waals surface area contributed by atoms with Gasteiger partial charge in [-0.1, -0.05) is 35.9 Å². The fourth-order valence-electron chi connectivity index (χ4n) is 3.45. The number of halogens is 1. The van der Waals surface area contributed by atoms with Crippen molar-refractivity contribution in [1.82, 2.24) is 15.5 Å². The number of nitrogens with zero attached hydrogens (tertiary/aromatic N) is 1. The Bertz CT molecular complexity index is 825. The molecule has 0 saturated carbocycles. The lowest BCUT2D eigenvalue weighted by molar-refractivity contribution is -0.130. The van der Waals surface area contributed by atoms with Crippen LogP contribution in [0, 0.1) is 0 Å². The first-order chi connectivity index (χ1) is 13.5. The summed E-state index contributed by atoms with van der Waals surface area (Å²) in [5.41, 5.74) is 8.38. The molecule has 1 aliphatic heterocycles. The van der Waals surface area contributed by atoms with Crippen molar-refractivity contribution in [2.24, 2.45) is 0 Å². The summed E-state index contributed by atoms with van der Waals surface area (Å²) in [6.45, 7) is 1.08. The van der Waals surface area contributed by atoms with E-state index in [0.717, 1.165) is 36.9 Å². The maximum absolute atomic E-state index is 12.6. The summed E-state index contributed by atoms with van der Waals surface area (Å²) in [5, 5.41) is 6.09. The summed E-state index contributed by atoms with van der Waals surface area (Å²) < 4.78 is 0. The zero-order chi connectivity index (χ0) is 19.9. The molecular formula is C21H25ClN4O2. The van der Waals surface area contributed by atoms with Gasteiger partial charge in [0.2, 0.25) is 5.91 Å². The van der Waals surface area contributed by atoms with Crippen molar-refractivity contribution in [1.29, 1.82) is 0 Å². The molecule has 1 unspecified atom stereocenters. The number of nitrogens with one attached hydrogen (secondary N) is 2. The van der Waals surface area contributed by atoms with Crippen LogP contribution >= 0.6 is 11.6 Å². The highest BCUT2D eigenvalue weighted by Crippen LogP contribution is 2.22. The van der Waals surface area contributed by atoms with Crippen LogP contribution in [0.2, 0.25) is 5.02 Å². The third-order valence-corrected chi connectivity index (χ3v) is 5.13. The van der Waals surface area contributed by atoms with Crippen molar-refractivity contribution in [3.05, 3.63) is 64.7 Å². The maximum Gasteiger partial charge on any atom is 0.315 e. The van der Waals surface area contributed by atoms with Crippen LogP contribution in [0.4, 0.5) is 10.5 Å². The van der Waals surface area contributed by atoms with E-state index in [1.807, 2.05) is 41.3 Å². The summed E-state index contributed by atoms with van der Waals surface area (Å²) in [6, 6.07) is 14.8. The van der Waals surface area contributed by atoms with Crippen molar-refractivity contribution in [3.63, 3.8) is 0 Å². The number of likely N-dealkylation sites (tertiary alicyclic amines) is 1. The number of rotatable bonds is 6. The normalized spacial score (nSPS) is 16.0. The number of nitrogen functional groups attached to an aromatic ring is 1. The number of benzene rings is 2. The summed E-state index contributed by atoms with van der Waals surface area (Å²) in [5.74, 6) is -0.0628. The molecule has 1 saturated heterocycles. The number of carbonyl (C=O) groups is 2. The highest BCUT2D eigenvalue weighted by Gasteiger charge is 2.28. The van der Waals surface area contributed by atoms with E-state index in [4.69, 9.17) is 17.3 Å². The van der Waals surface area contributed by atoms with Crippen molar-refractivity contribution in [3.8, 4) is 0 Å². The van der Waals surface area contributed by atoms with Gasteiger partial charge in [0, 0.05) is 29.8 Å². The first kappa shape index (κ1) is 20.0. The third kappa shape index (κ3) is 5.63. The molecule has 1 heterocycles. The number of hydrogen-bond acceptors (Lipinski definition) is 3. The van der Waals surface area contributed by atoms with Crippen LogP contribution in [0.1, 0.15) is 24.0 Å². The van der Waals surface area contributed by atoms with Gasteiger partial charge in [0.15, 0.2) is 0 Å². The number of urea groups is 1. The standard InChI is InChI=1S/C21H25ClN4O2/c22-17-4-1-3-16(11-17)12-19-5-2-10-26(19)20(27)14-25-21(28)24-13-15-6-8-18(23)9-7-15/h1,3-4,6-9,11,19H,2,5,10,12-14,23H2,(H2,24,25,28). The maximum atomic E-state index is 12.6. The third-order valence-electron chi connectivity index (χ3n) is 4.89. The van der Waals surface area contributed by atoms with E-state index < -0.39 is 0 Å². The molecule has 7 heteroatoms. The molecule has 2 aromatic carbocycles. The average molecular weight is 401 g/mol. The summed E-state index contributed by atoms with van der Waals surface area (Å²) >= 11 is 6.05. The van der Waals surface area contributed by atoms with Crippen LogP contribution < -0.4 is 16.4 Å². The predicted octanol–water partition coefficient (Wildman–Crippen LogP) is 2.96. The van der Waals surface area contributed by atoms with Crippen LogP contribution in [0.15, 0.2) is 48.5 Å². The largest absolute Gasteiger partial charge is 0.399 e. The molecule has 0 spiro atoms. The summed E-state index contributed by atoms with van der Waals surface area (Å²) in [6.07, 6.45) is 2.71. The molecule has 1 atom stereocenters. The van der Waals surface area contributed by atoms with Gasteiger partial charge in [-0.05, 0) is 54.7 Å². The number of anilines is 1. The van der Waals surface area contributed by atoms with E-state index in [9.17, 15) is 9.59 Å². The zero-order valence-electron chi connectivity index (χ0n) is 15.7. The Kier molecular flexibility index (Phi) is 6.76. The smallest absolute Gasteiger partial charge is 0.315 e. The molecule has 3 amide bonds. The van der Waals surface area contributed by atoms with Gasteiger partial charge in [-0.25, -0.2) is 4.79 Å². The second kappa shape index (κ2) is 9.46. The van der Waals surface area contributed by atoms with Gasteiger partial charge in [-0.15, -0.1) is 0 Å². The first-order valence-electron chi connectivity index (χ1n) is 9.41. The highest BCUT2D eigenvalue weighted by molar-refractivity contribution is 6.30. The summed E-state index contributed by atoms with van der Waals surface area (Å²) in [4.78, 5) is 26.4. The van der Waals surface area contributed by atoms with Crippen LogP contribution in [-0.2, 0) is 17.8 Å². The Balaban J connectivity index is 1.45. The van der Waals surface area contributed by atoms with Crippen LogP contribution in [0.5, 0.6) is 0 Å². The number of hydrogen-bond donors (Lipinski definition) is 3. The number of amides is 3.